The summed E-state index contributed by atoms with van der Waals surface area (Å²) >= 11 is 0. The second-order valence-corrected chi connectivity index (χ2v) is 6.32. The molecule has 1 heterocycles. The summed E-state index contributed by atoms with van der Waals surface area (Å²) in [6.45, 7) is 5.79. The fraction of sp³-hybridized carbons (Fsp3) is 0.611. The van der Waals surface area contributed by atoms with E-state index in [1.807, 2.05) is 19.1 Å². The van der Waals surface area contributed by atoms with Gasteiger partial charge in [-0.1, -0.05) is 12.1 Å². The van der Waals surface area contributed by atoms with E-state index in [1.54, 1.807) is 12.1 Å². The van der Waals surface area contributed by atoms with Crippen LogP contribution in [0.15, 0.2) is 29.3 Å². The van der Waals surface area contributed by atoms with Crippen molar-refractivity contribution in [2.45, 2.75) is 26.2 Å². The van der Waals surface area contributed by atoms with Crippen molar-refractivity contribution in [3.63, 3.8) is 0 Å². The van der Waals surface area contributed by atoms with E-state index < -0.39 is 0 Å². The lowest BCUT2D eigenvalue weighted by molar-refractivity contribution is 0.131. The molecule has 2 rings (SSSR count). The lowest BCUT2D eigenvalue weighted by Gasteiger charge is -2.24. The monoisotopic (exact) mass is 463 g/mol. The SMILES string of the molecule is CCNC(=NCC1(CCO)CCOC1)NCCc1cccc(O)c1.I. The van der Waals surface area contributed by atoms with Gasteiger partial charge < -0.3 is 25.6 Å². The number of benzene rings is 1. The number of ether oxygens (including phenoxy) is 1. The van der Waals surface area contributed by atoms with Crippen molar-refractivity contribution in [3.8, 4) is 5.75 Å². The first kappa shape index (κ1) is 22.0. The van der Waals surface area contributed by atoms with Gasteiger partial charge in [0.2, 0.25) is 0 Å². The first-order chi connectivity index (χ1) is 11.7. The number of phenols is 1. The van der Waals surface area contributed by atoms with Crippen LogP contribution in [0.2, 0.25) is 0 Å². The molecule has 0 spiro atoms. The normalized spacial score (nSPS) is 20.2. The van der Waals surface area contributed by atoms with Crippen molar-refractivity contribution in [2.75, 3.05) is 39.5 Å². The molecule has 1 aliphatic heterocycles. The van der Waals surface area contributed by atoms with Crippen LogP contribution in [0.4, 0.5) is 0 Å². The quantitative estimate of drug-likeness (QED) is 0.269. The third-order valence-electron chi connectivity index (χ3n) is 4.36. The molecule has 4 N–H and O–H groups in total. The first-order valence-corrected chi connectivity index (χ1v) is 8.66. The highest BCUT2D eigenvalue weighted by Gasteiger charge is 2.34. The van der Waals surface area contributed by atoms with Crippen LogP contribution in [0.5, 0.6) is 5.75 Å². The zero-order valence-electron chi connectivity index (χ0n) is 14.8. The number of nitrogens with zero attached hydrogens (tertiary/aromatic N) is 1. The third-order valence-corrected chi connectivity index (χ3v) is 4.36. The standard InChI is InChI=1S/C18H29N3O3.HI/c1-2-19-17(20-9-6-15-4-3-5-16(23)12-15)21-13-18(7-10-22)8-11-24-14-18;/h3-5,12,22-23H,2,6-11,13-14H2,1H3,(H2,19,20,21);1H. The summed E-state index contributed by atoms with van der Waals surface area (Å²) in [5.74, 6) is 1.07. The van der Waals surface area contributed by atoms with Crippen molar-refractivity contribution in [2.24, 2.45) is 10.4 Å². The summed E-state index contributed by atoms with van der Waals surface area (Å²) in [6.07, 6.45) is 2.47. The Morgan fingerprint density at radius 3 is 2.84 bits per heavy atom. The third kappa shape index (κ3) is 7.37. The fourth-order valence-electron chi connectivity index (χ4n) is 2.91. The Morgan fingerprint density at radius 1 is 1.36 bits per heavy atom. The van der Waals surface area contributed by atoms with Crippen LogP contribution in [0.1, 0.15) is 25.3 Å². The molecule has 1 aliphatic rings. The minimum absolute atomic E-state index is 0. The molecule has 0 saturated carbocycles. The number of guanidine groups is 1. The van der Waals surface area contributed by atoms with E-state index in [1.165, 1.54) is 0 Å². The van der Waals surface area contributed by atoms with Crippen molar-refractivity contribution >= 4 is 29.9 Å². The Hall–Kier alpha value is -1.06. The number of aromatic hydroxyl groups is 1. The van der Waals surface area contributed by atoms with E-state index in [4.69, 9.17) is 4.74 Å². The van der Waals surface area contributed by atoms with Crippen LogP contribution >= 0.6 is 24.0 Å². The average molecular weight is 463 g/mol. The Bertz CT molecular complexity index is 534. The van der Waals surface area contributed by atoms with Crippen LogP contribution in [0.3, 0.4) is 0 Å². The van der Waals surface area contributed by atoms with E-state index >= 15 is 0 Å². The van der Waals surface area contributed by atoms with Crippen LogP contribution in [-0.4, -0.2) is 55.6 Å². The molecule has 7 heteroatoms. The molecule has 1 aromatic rings. The van der Waals surface area contributed by atoms with Crippen molar-refractivity contribution in [1.29, 1.82) is 0 Å². The summed E-state index contributed by atoms with van der Waals surface area (Å²) in [4.78, 5) is 4.69. The molecule has 0 radical (unpaired) electrons. The molecule has 1 saturated heterocycles. The van der Waals surface area contributed by atoms with E-state index in [0.717, 1.165) is 50.5 Å². The van der Waals surface area contributed by atoms with Crippen LogP contribution in [-0.2, 0) is 11.2 Å². The molecule has 6 nitrogen and oxygen atoms in total. The van der Waals surface area contributed by atoms with Gasteiger partial charge in [-0.3, -0.25) is 4.99 Å². The first-order valence-electron chi connectivity index (χ1n) is 8.66. The summed E-state index contributed by atoms with van der Waals surface area (Å²) < 4.78 is 5.51. The van der Waals surface area contributed by atoms with Gasteiger partial charge in [0.05, 0.1) is 13.2 Å². The van der Waals surface area contributed by atoms with Gasteiger partial charge in [-0.05, 0) is 43.9 Å². The highest BCUT2D eigenvalue weighted by atomic mass is 127. The molecular formula is C18H30IN3O3. The van der Waals surface area contributed by atoms with Gasteiger partial charge in [-0.15, -0.1) is 24.0 Å². The number of aliphatic imine (C=N–C) groups is 1. The maximum atomic E-state index is 9.50. The lowest BCUT2D eigenvalue weighted by Crippen LogP contribution is -2.39. The molecule has 25 heavy (non-hydrogen) atoms. The number of aliphatic hydroxyl groups is 1. The molecule has 1 aromatic carbocycles. The number of rotatable bonds is 8. The Labute approximate surface area is 167 Å². The summed E-state index contributed by atoms with van der Waals surface area (Å²) in [5, 5.41) is 25.4. The highest BCUT2D eigenvalue weighted by molar-refractivity contribution is 14.0. The molecule has 0 amide bonds. The average Bonchev–Trinajstić information content (AvgIpc) is 3.02. The minimum atomic E-state index is -0.0394. The number of hydrogen-bond donors (Lipinski definition) is 4. The molecule has 1 unspecified atom stereocenters. The number of phenolic OH excluding ortho intramolecular Hbond substituents is 1. The van der Waals surface area contributed by atoms with E-state index in [-0.39, 0.29) is 36.0 Å². The van der Waals surface area contributed by atoms with Gasteiger partial charge in [0, 0.05) is 31.7 Å². The molecule has 1 fully saturated rings. The largest absolute Gasteiger partial charge is 0.508 e. The Morgan fingerprint density at radius 2 is 2.20 bits per heavy atom. The summed E-state index contributed by atoms with van der Waals surface area (Å²) in [5.41, 5.74) is 1.04. The number of nitrogens with one attached hydrogen (secondary N) is 2. The number of hydrogen-bond acceptors (Lipinski definition) is 4. The van der Waals surface area contributed by atoms with Gasteiger partial charge >= 0.3 is 0 Å². The van der Waals surface area contributed by atoms with Crippen LogP contribution in [0.25, 0.3) is 0 Å². The second-order valence-electron chi connectivity index (χ2n) is 6.32. The maximum absolute atomic E-state index is 9.50. The molecule has 0 aromatic heterocycles. The van der Waals surface area contributed by atoms with Gasteiger partial charge in [0.15, 0.2) is 5.96 Å². The van der Waals surface area contributed by atoms with Gasteiger partial charge in [-0.2, -0.15) is 0 Å². The van der Waals surface area contributed by atoms with Gasteiger partial charge in [-0.25, -0.2) is 0 Å². The maximum Gasteiger partial charge on any atom is 0.191 e. The lowest BCUT2D eigenvalue weighted by atomic mass is 9.84. The minimum Gasteiger partial charge on any atom is -0.508 e. The van der Waals surface area contributed by atoms with Crippen molar-refractivity contribution in [3.05, 3.63) is 29.8 Å². The fourth-order valence-corrected chi connectivity index (χ4v) is 2.91. The van der Waals surface area contributed by atoms with Gasteiger partial charge in [0.25, 0.3) is 0 Å². The van der Waals surface area contributed by atoms with E-state index in [2.05, 4.69) is 15.6 Å². The van der Waals surface area contributed by atoms with Crippen molar-refractivity contribution in [1.82, 2.24) is 10.6 Å². The van der Waals surface area contributed by atoms with Crippen LogP contribution in [0, 0.1) is 5.41 Å². The molecular weight excluding hydrogens is 433 g/mol. The van der Waals surface area contributed by atoms with E-state index in [9.17, 15) is 10.2 Å². The Kier molecular flexibility index (Phi) is 10.1. The summed E-state index contributed by atoms with van der Waals surface area (Å²) in [7, 11) is 0. The molecule has 0 bridgehead atoms. The zero-order chi connectivity index (χ0) is 17.3. The zero-order valence-corrected chi connectivity index (χ0v) is 17.2. The summed E-state index contributed by atoms with van der Waals surface area (Å²) in [6, 6.07) is 7.30. The van der Waals surface area contributed by atoms with Gasteiger partial charge in [0.1, 0.15) is 5.75 Å². The number of aliphatic hydroxyl groups excluding tert-OH is 1. The van der Waals surface area contributed by atoms with E-state index in [0.29, 0.717) is 18.9 Å². The molecule has 142 valence electrons. The topological polar surface area (TPSA) is 86.1 Å². The van der Waals surface area contributed by atoms with Crippen molar-refractivity contribution < 1.29 is 14.9 Å². The van der Waals surface area contributed by atoms with Crippen LogP contribution < -0.4 is 10.6 Å². The molecule has 1 atom stereocenters. The highest BCUT2D eigenvalue weighted by Crippen LogP contribution is 2.32. The predicted octanol–water partition coefficient (Wildman–Crippen LogP) is 1.90. The molecule has 0 aliphatic carbocycles. The Balaban J connectivity index is 0.00000312. The second kappa shape index (κ2) is 11.5. The predicted molar refractivity (Wildman–Crippen MR) is 111 cm³/mol. The smallest absolute Gasteiger partial charge is 0.191 e. The number of halogens is 1.